The van der Waals surface area contributed by atoms with Crippen molar-refractivity contribution in [2.75, 3.05) is 0 Å². The van der Waals surface area contributed by atoms with E-state index in [0.717, 1.165) is 15.6 Å². The molecule has 86 valence electrons. The van der Waals surface area contributed by atoms with Gasteiger partial charge in [0.1, 0.15) is 10.9 Å². The summed E-state index contributed by atoms with van der Waals surface area (Å²) in [6, 6.07) is 7.20. The van der Waals surface area contributed by atoms with Crippen LogP contribution in [0, 0.1) is 11.3 Å². The number of carboxylic acid groups (broad SMARTS) is 1. The van der Waals surface area contributed by atoms with Gasteiger partial charge in [-0.1, -0.05) is 19.9 Å². The maximum absolute atomic E-state index is 10.9. The third-order valence-electron chi connectivity index (χ3n) is 2.65. The zero-order valence-electron chi connectivity index (χ0n) is 9.52. The van der Waals surface area contributed by atoms with Crippen LogP contribution in [-0.2, 0) is 0 Å². The van der Waals surface area contributed by atoms with Crippen molar-refractivity contribution in [2.24, 2.45) is 0 Å². The number of nitriles is 1. The fourth-order valence-corrected chi connectivity index (χ4v) is 3.10. The molecular formula is C13H11NO2S. The van der Waals surface area contributed by atoms with Crippen molar-refractivity contribution < 1.29 is 9.90 Å². The zero-order valence-corrected chi connectivity index (χ0v) is 10.3. The highest BCUT2D eigenvalue weighted by Crippen LogP contribution is 2.36. The van der Waals surface area contributed by atoms with E-state index in [4.69, 9.17) is 10.4 Å². The molecule has 1 aromatic carbocycles. The lowest BCUT2D eigenvalue weighted by molar-refractivity contribution is 0.0697. The summed E-state index contributed by atoms with van der Waals surface area (Å²) in [5.41, 5.74) is 1.28. The molecule has 0 saturated heterocycles. The molecule has 1 aromatic heterocycles. The lowest BCUT2D eigenvalue weighted by atomic mass is 9.99. The van der Waals surface area contributed by atoms with Crippen LogP contribution in [0.4, 0.5) is 0 Å². The summed E-state index contributed by atoms with van der Waals surface area (Å²) in [5, 5.41) is 19.0. The molecule has 2 aromatic rings. The van der Waals surface area contributed by atoms with Gasteiger partial charge < -0.3 is 5.11 Å². The van der Waals surface area contributed by atoms with E-state index in [1.54, 1.807) is 18.2 Å². The highest BCUT2D eigenvalue weighted by atomic mass is 32.1. The van der Waals surface area contributed by atoms with Gasteiger partial charge in [-0.15, -0.1) is 11.3 Å². The summed E-state index contributed by atoms with van der Waals surface area (Å²) < 4.78 is 0.866. The number of aromatic carboxylic acids is 1. The van der Waals surface area contributed by atoms with Crippen LogP contribution in [0.5, 0.6) is 0 Å². The Hall–Kier alpha value is -1.86. The minimum absolute atomic E-state index is 0.258. The number of carboxylic acids is 1. The maximum atomic E-state index is 10.9. The van der Waals surface area contributed by atoms with Crippen LogP contribution >= 0.6 is 11.3 Å². The average molecular weight is 245 g/mol. The van der Waals surface area contributed by atoms with Gasteiger partial charge in [0.05, 0.1) is 5.56 Å². The van der Waals surface area contributed by atoms with E-state index in [-0.39, 0.29) is 11.5 Å². The molecule has 0 atom stereocenters. The summed E-state index contributed by atoms with van der Waals surface area (Å²) in [6.45, 7) is 4.07. The van der Waals surface area contributed by atoms with Crippen molar-refractivity contribution in [2.45, 2.75) is 19.8 Å². The molecule has 17 heavy (non-hydrogen) atoms. The molecule has 0 spiro atoms. The second kappa shape index (κ2) is 4.19. The van der Waals surface area contributed by atoms with Gasteiger partial charge in [0.25, 0.3) is 0 Å². The Balaban J connectivity index is 2.75. The van der Waals surface area contributed by atoms with Gasteiger partial charge in [-0.05, 0) is 29.0 Å². The molecule has 2 rings (SSSR count). The highest BCUT2D eigenvalue weighted by molar-refractivity contribution is 7.19. The summed E-state index contributed by atoms with van der Waals surface area (Å²) in [5.74, 6) is -0.681. The normalized spacial score (nSPS) is 10.7. The molecule has 0 unspecified atom stereocenters. The fraction of sp³-hybridized carbons (Fsp3) is 0.231. The van der Waals surface area contributed by atoms with E-state index in [0.29, 0.717) is 4.88 Å². The molecule has 1 N–H and O–H groups in total. The second-order valence-corrected chi connectivity index (χ2v) is 5.18. The summed E-state index contributed by atoms with van der Waals surface area (Å²) in [6.07, 6.45) is 0. The van der Waals surface area contributed by atoms with Crippen molar-refractivity contribution in [1.29, 1.82) is 5.26 Å². The smallest absolute Gasteiger partial charge is 0.335 e. The van der Waals surface area contributed by atoms with Crippen LogP contribution in [-0.4, -0.2) is 11.1 Å². The standard InChI is InChI=1S/C13H11NO2S/c1-7(2)12-9-4-3-8(13(15)16)5-10(9)17-11(12)6-14/h3-5,7H,1-2H3,(H,15,16). The molecule has 0 amide bonds. The zero-order chi connectivity index (χ0) is 12.6. The molecule has 0 aliphatic heterocycles. The monoisotopic (exact) mass is 245 g/mol. The van der Waals surface area contributed by atoms with Crippen LogP contribution in [0.15, 0.2) is 18.2 Å². The Labute approximate surface area is 103 Å². The van der Waals surface area contributed by atoms with Gasteiger partial charge in [-0.25, -0.2) is 4.79 Å². The number of hydrogen-bond donors (Lipinski definition) is 1. The fourth-order valence-electron chi connectivity index (χ4n) is 1.91. The van der Waals surface area contributed by atoms with Crippen molar-refractivity contribution in [1.82, 2.24) is 0 Å². The Kier molecular flexibility index (Phi) is 2.86. The van der Waals surface area contributed by atoms with Crippen molar-refractivity contribution >= 4 is 27.4 Å². The first-order valence-electron chi connectivity index (χ1n) is 5.24. The number of hydrogen-bond acceptors (Lipinski definition) is 3. The molecular weight excluding hydrogens is 234 g/mol. The highest BCUT2D eigenvalue weighted by Gasteiger charge is 2.16. The average Bonchev–Trinajstić information content (AvgIpc) is 2.65. The summed E-state index contributed by atoms with van der Waals surface area (Å²) in [7, 11) is 0. The second-order valence-electron chi connectivity index (χ2n) is 4.13. The Bertz CT molecular complexity index is 635. The number of rotatable bonds is 2. The predicted octanol–water partition coefficient (Wildman–Crippen LogP) is 3.59. The Morgan fingerprint density at radius 1 is 1.47 bits per heavy atom. The largest absolute Gasteiger partial charge is 0.478 e. The van der Waals surface area contributed by atoms with Crippen LogP contribution in [0.1, 0.15) is 40.6 Å². The van der Waals surface area contributed by atoms with Crippen LogP contribution in [0.3, 0.4) is 0 Å². The van der Waals surface area contributed by atoms with Crippen LogP contribution < -0.4 is 0 Å². The van der Waals surface area contributed by atoms with E-state index in [1.807, 2.05) is 13.8 Å². The van der Waals surface area contributed by atoms with Crippen LogP contribution in [0.25, 0.3) is 10.1 Å². The molecule has 0 aliphatic rings. The lowest BCUT2D eigenvalue weighted by Crippen LogP contribution is -1.95. The van der Waals surface area contributed by atoms with Crippen LogP contribution in [0.2, 0.25) is 0 Å². The van der Waals surface area contributed by atoms with Gasteiger partial charge >= 0.3 is 5.97 Å². The Morgan fingerprint density at radius 3 is 2.71 bits per heavy atom. The molecule has 0 saturated carbocycles. The number of benzene rings is 1. The third-order valence-corrected chi connectivity index (χ3v) is 3.73. The van der Waals surface area contributed by atoms with Crippen molar-refractivity contribution in [3.8, 4) is 6.07 Å². The third kappa shape index (κ3) is 1.90. The number of carbonyl (C=O) groups is 1. The molecule has 3 nitrogen and oxygen atoms in total. The number of fused-ring (bicyclic) bond motifs is 1. The molecule has 0 bridgehead atoms. The summed E-state index contributed by atoms with van der Waals surface area (Å²) in [4.78, 5) is 11.6. The van der Waals surface area contributed by atoms with Crippen molar-refractivity contribution in [3.05, 3.63) is 34.2 Å². The lowest BCUT2D eigenvalue weighted by Gasteiger charge is -2.03. The van der Waals surface area contributed by atoms with Gasteiger partial charge in [-0.2, -0.15) is 5.26 Å². The summed E-state index contributed by atoms with van der Waals surface area (Å²) >= 11 is 1.36. The van der Waals surface area contributed by atoms with Crippen molar-refractivity contribution in [3.63, 3.8) is 0 Å². The minimum atomic E-state index is -0.940. The molecule has 1 heterocycles. The van der Waals surface area contributed by atoms with E-state index in [2.05, 4.69) is 6.07 Å². The molecule has 0 aliphatic carbocycles. The van der Waals surface area contributed by atoms with Gasteiger partial charge in [0.2, 0.25) is 0 Å². The van der Waals surface area contributed by atoms with E-state index < -0.39 is 5.97 Å². The first-order valence-corrected chi connectivity index (χ1v) is 6.06. The Morgan fingerprint density at radius 2 is 2.18 bits per heavy atom. The van der Waals surface area contributed by atoms with Gasteiger partial charge in [-0.3, -0.25) is 0 Å². The first kappa shape index (κ1) is 11.6. The first-order chi connectivity index (χ1) is 8.04. The van der Waals surface area contributed by atoms with E-state index >= 15 is 0 Å². The van der Waals surface area contributed by atoms with Gasteiger partial charge in [0, 0.05) is 4.70 Å². The molecule has 0 fully saturated rings. The van der Waals surface area contributed by atoms with Gasteiger partial charge in [0.15, 0.2) is 0 Å². The number of thiophene rings is 1. The van der Waals surface area contributed by atoms with E-state index in [1.165, 1.54) is 11.3 Å². The topological polar surface area (TPSA) is 61.1 Å². The SMILES string of the molecule is CC(C)c1c(C#N)sc2cc(C(=O)O)ccc12. The van der Waals surface area contributed by atoms with E-state index in [9.17, 15) is 4.79 Å². The quantitative estimate of drug-likeness (QED) is 0.879. The number of nitrogens with zero attached hydrogens (tertiary/aromatic N) is 1. The molecule has 0 radical (unpaired) electrons. The maximum Gasteiger partial charge on any atom is 0.335 e. The minimum Gasteiger partial charge on any atom is -0.478 e. The molecule has 4 heteroatoms. The predicted molar refractivity (Wildman–Crippen MR) is 67.6 cm³/mol.